The summed E-state index contributed by atoms with van der Waals surface area (Å²) in [7, 11) is -2.00. The number of rotatable bonds is 5. The molecular weight excluding hydrogens is 288 g/mol. The molecule has 1 fully saturated rings. The average Bonchev–Trinajstić information content (AvgIpc) is 2.46. The van der Waals surface area contributed by atoms with Gasteiger partial charge in [0.15, 0.2) is 0 Å². The van der Waals surface area contributed by atoms with E-state index in [9.17, 15) is 8.42 Å². The van der Waals surface area contributed by atoms with Crippen molar-refractivity contribution in [1.29, 1.82) is 0 Å². The highest BCUT2D eigenvalue weighted by atomic mass is 32.2. The van der Waals surface area contributed by atoms with Crippen LogP contribution in [0.4, 0.5) is 5.69 Å². The van der Waals surface area contributed by atoms with E-state index in [-0.39, 0.29) is 4.90 Å². The van der Waals surface area contributed by atoms with Crippen molar-refractivity contribution in [3.8, 4) is 5.75 Å². The van der Waals surface area contributed by atoms with Gasteiger partial charge in [-0.15, -0.1) is 0 Å². The predicted molar refractivity (Wildman–Crippen MR) is 83.7 cm³/mol. The third-order valence-corrected chi connectivity index (χ3v) is 5.63. The van der Waals surface area contributed by atoms with Crippen LogP contribution in [0.15, 0.2) is 23.1 Å². The van der Waals surface area contributed by atoms with Crippen LogP contribution < -0.4 is 15.2 Å². The minimum absolute atomic E-state index is 0.185. The van der Waals surface area contributed by atoms with Crippen molar-refractivity contribution in [2.24, 2.45) is 11.8 Å². The van der Waals surface area contributed by atoms with Gasteiger partial charge in [-0.25, -0.2) is 13.1 Å². The normalized spacial score (nSPS) is 23.0. The van der Waals surface area contributed by atoms with E-state index in [1.807, 2.05) is 0 Å². The smallest absolute Gasteiger partial charge is 0.240 e. The first-order valence-corrected chi connectivity index (χ1v) is 8.84. The van der Waals surface area contributed by atoms with Crippen LogP contribution >= 0.6 is 0 Å². The van der Waals surface area contributed by atoms with E-state index >= 15 is 0 Å². The van der Waals surface area contributed by atoms with Crippen LogP contribution in [-0.4, -0.2) is 22.1 Å². The maximum absolute atomic E-state index is 12.3. The third-order valence-electron chi connectivity index (χ3n) is 4.21. The lowest BCUT2D eigenvalue weighted by molar-refractivity contribution is 0.290. The summed E-state index contributed by atoms with van der Waals surface area (Å²) in [6.07, 6.45) is 4.55. The van der Waals surface area contributed by atoms with Gasteiger partial charge < -0.3 is 10.5 Å². The van der Waals surface area contributed by atoms with Crippen LogP contribution in [0.2, 0.25) is 0 Å². The van der Waals surface area contributed by atoms with Gasteiger partial charge in [0.1, 0.15) is 5.75 Å². The van der Waals surface area contributed by atoms with Crippen LogP contribution in [0.5, 0.6) is 5.75 Å². The molecule has 2 rings (SSSR count). The van der Waals surface area contributed by atoms with Crippen molar-refractivity contribution in [1.82, 2.24) is 4.72 Å². The molecule has 0 bridgehead atoms. The highest BCUT2D eigenvalue weighted by Crippen LogP contribution is 2.28. The number of methoxy groups -OCH3 is 1. The summed E-state index contributed by atoms with van der Waals surface area (Å²) in [6.45, 7) is 2.75. The van der Waals surface area contributed by atoms with Gasteiger partial charge >= 0.3 is 0 Å². The van der Waals surface area contributed by atoms with Crippen molar-refractivity contribution in [2.45, 2.75) is 37.5 Å². The number of sulfonamides is 1. The summed E-state index contributed by atoms with van der Waals surface area (Å²) >= 11 is 0. The number of benzene rings is 1. The first-order valence-electron chi connectivity index (χ1n) is 7.35. The Labute approximate surface area is 126 Å². The molecule has 0 amide bonds. The molecule has 0 atom stereocenters. The van der Waals surface area contributed by atoms with E-state index < -0.39 is 10.0 Å². The molecule has 118 valence electrons. The highest BCUT2D eigenvalue weighted by Gasteiger charge is 2.21. The monoisotopic (exact) mass is 312 g/mol. The highest BCUT2D eigenvalue weighted by molar-refractivity contribution is 7.89. The van der Waals surface area contributed by atoms with E-state index in [0.717, 1.165) is 18.8 Å². The molecule has 1 saturated carbocycles. The lowest BCUT2D eigenvalue weighted by Gasteiger charge is -2.26. The zero-order chi connectivity index (χ0) is 15.5. The summed E-state index contributed by atoms with van der Waals surface area (Å²) in [6, 6.07) is 4.52. The van der Waals surface area contributed by atoms with E-state index in [4.69, 9.17) is 10.5 Å². The van der Waals surface area contributed by atoms with E-state index in [1.165, 1.54) is 32.1 Å². The van der Waals surface area contributed by atoms with Crippen LogP contribution in [0.25, 0.3) is 0 Å². The van der Waals surface area contributed by atoms with Crippen molar-refractivity contribution >= 4 is 15.7 Å². The van der Waals surface area contributed by atoms with Crippen molar-refractivity contribution in [3.63, 3.8) is 0 Å². The molecule has 1 aromatic carbocycles. The second kappa shape index (κ2) is 6.66. The van der Waals surface area contributed by atoms with Crippen molar-refractivity contribution < 1.29 is 13.2 Å². The van der Waals surface area contributed by atoms with Crippen molar-refractivity contribution in [2.75, 3.05) is 19.4 Å². The van der Waals surface area contributed by atoms with Gasteiger partial charge in [-0.3, -0.25) is 0 Å². The number of ether oxygens (including phenoxy) is 1. The Morgan fingerprint density at radius 2 is 1.95 bits per heavy atom. The molecule has 0 unspecified atom stereocenters. The van der Waals surface area contributed by atoms with Gasteiger partial charge in [-0.1, -0.05) is 19.8 Å². The largest absolute Gasteiger partial charge is 0.495 e. The molecule has 0 spiro atoms. The molecule has 1 aliphatic carbocycles. The summed E-state index contributed by atoms with van der Waals surface area (Å²) in [5, 5.41) is 0. The Bertz CT molecular complexity index is 579. The molecule has 0 radical (unpaired) electrons. The SMILES string of the molecule is COc1ccc(S(=O)(=O)NCC2CCC(C)CC2)cc1N. The van der Waals surface area contributed by atoms with Gasteiger partial charge in [0, 0.05) is 6.54 Å². The first-order chi connectivity index (χ1) is 9.92. The lowest BCUT2D eigenvalue weighted by atomic mass is 9.83. The molecule has 0 aromatic heterocycles. The predicted octanol–water partition coefficient (Wildman–Crippen LogP) is 2.38. The van der Waals surface area contributed by atoms with Gasteiger partial charge in [0.25, 0.3) is 0 Å². The number of nitrogens with one attached hydrogen (secondary N) is 1. The maximum Gasteiger partial charge on any atom is 0.240 e. The second-order valence-electron chi connectivity index (χ2n) is 5.88. The number of nitrogen functional groups attached to an aromatic ring is 1. The fourth-order valence-corrected chi connectivity index (χ4v) is 3.87. The Hall–Kier alpha value is -1.27. The second-order valence-corrected chi connectivity index (χ2v) is 7.65. The molecular formula is C15H24N2O3S. The quantitative estimate of drug-likeness (QED) is 0.818. The molecule has 21 heavy (non-hydrogen) atoms. The van der Waals surface area contributed by atoms with Crippen LogP contribution in [-0.2, 0) is 10.0 Å². The Morgan fingerprint density at radius 3 is 2.52 bits per heavy atom. The van der Waals surface area contributed by atoms with Gasteiger partial charge in [0.2, 0.25) is 10.0 Å². The molecule has 6 heteroatoms. The van der Waals surface area contributed by atoms with E-state index in [1.54, 1.807) is 6.07 Å². The molecule has 3 N–H and O–H groups in total. The minimum Gasteiger partial charge on any atom is -0.495 e. The van der Waals surface area contributed by atoms with Crippen LogP contribution in [0.3, 0.4) is 0 Å². The minimum atomic E-state index is -3.51. The molecule has 5 nitrogen and oxygen atoms in total. The topological polar surface area (TPSA) is 81.4 Å². The zero-order valence-corrected chi connectivity index (χ0v) is 13.4. The first kappa shape index (κ1) is 16.1. The summed E-state index contributed by atoms with van der Waals surface area (Å²) in [5.74, 6) is 1.68. The average molecular weight is 312 g/mol. The van der Waals surface area contributed by atoms with Gasteiger partial charge in [0.05, 0.1) is 17.7 Å². The molecule has 0 heterocycles. The summed E-state index contributed by atoms with van der Waals surface area (Å²) in [5.41, 5.74) is 6.09. The standard InChI is InChI=1S/C15H24N2O3S/c1-11-3-5-12(6-4-11)10-17-21(18,19)13-7-8-15(20-2)14(16)9-13/h7-9,11-12,17H,3-6,10,16H2,1-2H3. The number of nitrogens with two attached hydrogens (primary N) is 1. The van der Waals surface area contributed by atoms with Crippen LogP contribution in [0, 0.1) is 11.8 Å². The molecule has 1 aromatic rings. The molecule has 0 saturated heterocycles. The zero-order valence-electron chi connectivity index (χ0n) is 12.6. The van der Waals surface area contributed by atoms with Gasteiger partial charge in [-0.05, 0) is 42.9 Å². The summed E-state index contributed by atoms with van der Waals surface area (Å²) in [4.78, 5) is 0.185. The molecule has 0 aliphatic heterocycles. The fourth-order valence-electron chi connectivity index (χ4n) is 2.72. The number of hydrogen-bond donors (Lipinski definition) is 2. The van der Waals surface area contributed by atoms with Gasteiger partial charge in [-0.2, -0.15) is 0 Å². The lowest BCUT2D eigenvalue weighted by Crippen LogP contribution is -2.31. The van der Waals surface area contributed by atoms with Crippen molar-refractivity contribution in [3.05, 3.63) is 18.2 Å². The Morgan fingerprint density at radius 1 is 1.29 bits per heavy atom. The van der Waals surface area contributed by atoms with E-state index in [2.05, 4.69) is 11.6 Å². The van der Waals surface area contributed by atoms with Crippen LogP contribution in [0.1, 0.15) is 32.6 Å². The number of anilines is 1. The molecule has 1 aliphatic rings. The third kappa shape index (κ3) is 4.11. The Kier molecular flexibility index (Phi) is 5.11. The fraction of sp³-hybridized carbons (Fsp3) is 0.600. The number of hydrogen-bond acceptors (Lipinski definition) is 4. The Balaban J connectivity index is 2.00. The van der Waals surface area contributed by atoms with E-state index in [0.29, 0.717) is 23.9 Å². The maximum atomic E-state index is 12.3. The summed E-state index contributed by atoms with van der Waals surface area (Å²) < 4.78 is 32.3.